The molecule has 1 atom stereocenters. The summed E-state index contributed by atoms with van der Waals surface area (Å²) in [5.74, 6) is -0.0706. The minimum atomic E-state index is -0.108. The SMILES string of the molecule is C.CC.COC(=O)C1C=CCC1. The van der Waals surface area contributed by atoms with Gasteiger partial charge in [-0.05, 0) is 12.8 Å². The molecule has 2 heteroatoms. The van der Waals surface area contributed by atoms with E-state index in [1.54, 1.807) is 0 Å². The predicted octanol–water partition coefficient (Wildman–Crippen LogP) is 2.79. The molecule has 0 aromatic rings. The van der Waals surface area contributed by atoms with Gasteiger partial charge in [-0.15, -0.1) is 0 Å². The van der Waals surface area contributed by atoms with Crippen LogP contribution in [0, 0.1) is 5.92 Å². The van der Waals surface area contributed by atoms with Gasteiger partial charge in [-0.2, -0.15) is 0 Å². The Morgan fingerprint density at radius 3 is 2.42 bits per heavy atom. The predicted molar refractivity (Wildman–Crippen MR) is 52.0 cm³/mol. The van der Waals surface area contributed by atoms with Gasteiger partial charge in [0.25, 0.3) is 0 Å². The molecule has 12 heavy (non-hydrogen) atoms. The average Bonchev–Trinajstić information content (AvgIpc) is 2.59. The highest BCUT2D eigenvalue weighted by molar-refractivity contribution is 5.74. The van der Waals surface area contributed by atoms with Crippen molar-refractivity contribution >= 4 is 5.97 Å². The second-order valence-electron chi connectivity index (χ2n) is 2.14. The first-order valence-electron chi connectivity index (χ1n) is 4.09. The fourth-order valence-electron chi connectivity index (χ4n) is 0.980. The van der Waals surface area contributed by atoms with E-state index in [1.807, 2.05) is 26.0 Å². The van der Waals surface area contributed by atoms with E-state index >= 15 is 0 Å². The van der Waals surface area contributed by atoms with E-state index in [2.05, 4.69) is 4.74 Å². The van der Waals surface area contributed by atoms with Gasteiger partial charge in [0, 0.05) is 0 Å². The van der Waals surface area contributed by atoms with Gasteiger partial charge in [0.2, 0.25) is 0 Å². The van der Waals surface area contributed by atoms with E-state index in [0.717, 1.165) is 12.8 Å². The Bertz CT molecular complexity index is 139. The highest BCUT2D eigenvalue weighted by Gasteiger charge is 2.17. The topological polar surface area (TPSA) is 26.3 Å². The van der Waals surface area contributed by atoms with Crippen LogP contribution in [0.3, 0.4) is 0 Å². The minimum Gasteiger partial charge on any atom is -0.469 e. The molecule has 0 aromatic heterocycles. The summed E-state index contributed by atoms with van der Waals surface area (Å²) >= 11 is 0. The van der Waals surface area contributed by atoms with Crippen LogP contribution in [-0.2, 0) is 9.53 Å². The van der Waals surface area contributed by atoms with Crippen molar-refractivity contribution in [2.24, 2.45) is 5.92 Å². The van der Waals surface area contributed by atoms with Crippen molar-refractivity contribution < 1.29 is 9.53 Å². The number of hydrogen-bond acceptors (Lipinski definition) is 2. The van der Waals surface area contributed by atoms with E-state index in [0.29, 0.717) is 0 Å². The average molecular weight is 172 g/mol. The molecule has 0 radical (unpaired) electrons. The monoisotopic (exact) mass is 172 g/mol. The smallest absolute Gasteiger partial charge is 0.312 e. The molecule has 0 saturated heterocycles. The molecule has 0 N–H and O–H groups in total. The zero-order valence-corrected chi connectivity index (χ0v) is 7.46. The van der Waals surface area contributed by atoms with E-state index in [1.165, 1.54) is 7.11 Å². The van der Waals surface area contributed by atoms with Crippen molar-refractivity contribution in [1.82, 2.24) is 0 Å². The molecular weight excluding hydrogens is 152 g/mol. The standard InChI is InChI=1S/C7H10O2.C2H6.CH4/c1-9-7(8)6-4-2-3-5-6;1-2;/h2,4,6H,3,5H2,1H3;1-2H3;1H4. The van der Waals surface area contributed by atoms with Crippen molar-refractivity contribution in [2.45, 2.75) is 34.1 Å². The Hall–Kier alpha value is -0.790. The molecule has 0 saturated carbocycles. The van der Waals surface area contributed by atoms with Crippen molar-refractivity contribution in [3.05, 3.63) is 12.2 Å². The third-order valence-electron chi connectivity index (χ3n) is 1.52. The van der Waals surface area contributed by atoms with E-state index < -0.39 is 0 Å². The van der Waals surface area contributed by atoms with E-state index in [4.69, 9.17) is 0 Å². The molecule has 0 spiro atoms. The summed E-state index contributed by atoms with van der Waals surface area (Å²) in [5.41, 5.74) is 0. The zero-order chi connectivity index (χ0) is 8.69. The number of hydrogen-bond donors (Lipinski definition) is 0. The molecule has 1 rings (SSSR count). The maximum Gasteiger partial charge on any atom is 0.312 e. The van der Waals surface area contributed by atoms with Gasteiger partial charge in [0.15, 0.2) is 0 Å². The number of allylic oxidation sites excluding steroid dienone is 1. The number of ether oxygens (including phenoxy) is 1. The van der Waals surface area contributed by atoms with Crippen molar-refractivity contribution in [2.75, 3.05) is 7.11 Å². The Morgan fingerprint density at radius 2 is 2.08 bits per heavy atom. The first kappa shape index (κ1) is 13.8. The maximum atomic E-state index is 10.7. The molecular formula is C10H20O2. The van der Waals surface area contributed by atoms with Crippen molar-refractivity contribution in [3.8, 4) is 0 Å². The van der Waals surface area contributed by atoms with Crippen LogP contribution in [0.4, 0.5) is 0 Å². The van der Waals surface area contributed by atoms with Crippen LogP contribution in [0.25, 0.3) is 0 Å². The van der Waals surface area contributed by atoms with E-state index in [-0.39, 0.29) is 19.3 Å². The molecule has 0 aromatic carbocycles. The minimum absolute atomic E-state index is 0. The van der Waals surface area contributed by atoms with Gasteiger partial charge < -0.3 is 4.74 Å². The van der Waals surface area contributed by atoms with Crippen LogP contribution < -0.4 is 0 Å². The first-order chi connectivity index (χ1) is 5.34. The Balaban J connectivity index is 0. The number of carbonyl (C=O) groups excluding carboxylic acids is 1. The zero-order valence-electron chi connectivity index (χ0n) is 7.46. The highest BCUT2D eigenvalue weighted by Crippen LogP contribution is 2.17. The molecule has 72 valence electrons. The number of methoxy groups -OCH3 is 1. The lowest BCUT2D eigenvalue weighted by molar-refractivity contribution is -0.143. The fraction of sp³-hybridized carbons (Fsp3) is 0.700. The lowest BCUT2D eigenvalue weighted by Gasteiger charge is -2.02. The summed E-state index contributed by atoms with van der Waals surface area (Å²) in [7, 11) is 1.43. The van der Waals surface area contributed by atoms with Crippen LogP contribution >= 0.6 is 0 Å². The van der Waals surface area contributed by atoms with Gasteiger partial charge >= 0.3 is 5.97 Å². The van der Waals surface area contributed by atoms with Crippen LogP contribution in [0.2, 0.25) is 0 Å². The van der Waals surface area contributed by atoms with Gasteiger partial charge in [0.05, 0.1) is 13.0 Å². The number of esters is 1. The molecule has 0 heterocycles. The summed E-state index contributed by atoms with van der Waals surface area (Å²) < 4.78 is 4.54. The van der Waals surface area contributed by atoms with Gasteiger partial charge in [-0.25, -0.2) is 0 Å². The van der Waals surface area contributed by atoms with Gasteiger partial charge in [-0.1, -0.05) is 33.4 Å². The van der Waals surface area contributed by atoms with Crippen LogP contribution in [0.1, 0.15) is 34.1 Å². The maximum absolute atomic E-state index is 10.7. The third-order valence-corrected chi connectivity index (χ3v) is 1.52. The Morgan fingerprint density at radius 1 is 1.50 bits per heavy atom. The second kappa shape index (κ2) is 8.31. The summed E-state index contributed by atoms with van der Waals surface area (Å²) in [6.45, 7) is 4.00. The van der Waals surface area contributed by atoms with Crippen LogP contribution in [0.5, 0.6) is 0 Å². The molecule has 0 fully saturated rings. The summed E-state index contributed by atoms with van der Waals surface area (Å²) in [6, 6.07) is 0. The lowest BCUT2D eigenvalue weighted by Crippen LogP contribution is -2.10. The number of rotatable bonds is 1. The van der Waals surface area contributed by atoms with Crippen LogP contribution in [-0.4, -0.2) is 13.1 Å². The first-order valence-corrected chi connectivity index (χ1v) is 4.09. The Labute approximate surface area is 75.6 Å². The third kappa shape index (κ3) is 4.16. The molecule has 1 aliphatic rings. The number of carbonyl (C=O) groups is 1. The molecule has 0 bridgehead atoms. The van der Waals surface area contributed by atoms with Gasteiger partial charge in [0.1, 0.15) is 0 Å². The molecule has 0 aliphatic heterocycles. The highest BCUT2D eigenvalue weighted by atomic mass is 16.5. The summed E-state index contributed by atoms with van der Waals surface area (Å²) in [4.78, 5) is 10.7. The lowest BCUT2D eigenvalue weighted by atomic mass is 10.1. The largest absolute Gasteiger partial charge is 0.469 e. The summed E-state index contributed by atoms with van der Waals surface area (Å²) in [5, 5.41) is 0. The Kier molecular flexibility index (Phi) is 9.54. The van der Waals surface area contributed by atoms with Crippen LogP contribution in [0.15, 0.2) is 12.2 Å². The fourth-order valence-corrected chi connectivity index (χ4v) is 0.980. The quantitative estimate of drug-likeness (QED) is 0.449. The second-order valence-corrected chi connectivity index (χ2v) is 2.14. The summed E-state index contributed by atoms with van der Waals surface area (Å²) in [6.07, 6.45) is 5.86. The molecule has 1 aliphatic carbocycles. The van der Waals surface area contributed by atoms with Crippen molar-refractivity contribution in [1.29, 1.82) is 0 Å². The van der Waals surface area contributed by atoms with Crippen molar-refractivity contribution in [3.63, 3.8) is 0 Å². The van der Waals surface area contributed by atoms with Gasteiger partial charge in [-0.3, -0.25) is 4.79 Å². The molecule has 1 unspecified atom stereocenters. The molecule has 2 nitrogen and oxygen atoms in total. The normalized spacial score (nSPS) is 18.8. The molecule has 0 amide bonds. The van der Waals surface area contributed by atoms with E-state index in [9.17, 15) is 4.79 Å².